The monoisotopic (exact) mass is 844 g/mol. The summed E-state index contributed by atoms with van der Waals surface area (Å²) in [6.45, 7) is 4.69. The predicted molar refractivity (Wildman–Crippen MR) is 268 cm³/mol. The highest BCUT2D eigenvalue weighted by Gasteiger charge is 2.37. The molecule has 0 radical (unpaired) electrons. The third kappa shape index (κ3) is 6.41. The Bertz CT molecular complexity index is 3420. The van der Waals surface area contributed by atoms with Gasteiger partial charge in [0.1, 0.15) is 10.0 Å². The normalized spacial score (nSPS) is 13.0. The van der Waals surface area contributed by atoms with Crippen LogP contribution in [0.5, 0.6) is 0 Å². The molecule has 1 aliphatic rings. The lowest BCUT2D eigenvalue weighted by atomic mass is 9.73. The molecule has 300 valence electrons. The van der Waals surface area contributed by atoms with E-state index in [4.69, 9.17) is 9.97 Å². The number of hydrogen-bond donors (Lipinski definition) is 0. The van der Waals surface area contributed by atoms with E-state index in [2.05, 4.69) is 224 Å². The summed E-state index contributed by atoms with van der Waals surface area (Å²) >= 11 is 3.49. The molecule has 0 unspecified atom stereocenters. The van der Waals surface area contributed by atoms with Gasteiger partial charge in [0.15, 0.2) is 0 Å². The summed E-state index contributed by atoms with van der Waals surface area (Å²) in [6, 6.07) is 74.5. The first kappa shape index (κ1) is 37.4. The van der Waals surface area contributed by atoms with Crippen LogP contribution in [0.3, 0.4) is 0 Å². The Hall–Kier alpha value is -7.38. The highest BCUT2D eigenvalue weighted by Crippen LogP contribution is 2.53. The molecule has 11 aromatic rings. The molecule has 1 aliphatic heterocycles. The lowest BCUT2D eigenvalue weighted by molar-refractivity contribution is 0.632. The number of rotatable bonds is 7. The molecule has 0 N–H and O–H groups in total. The van der Waals surface area contributed by atoms with Crippen LogP contribution in [0.2, 0.25) is 0 Å². The van der Waals surface area contributed by atoms with E-state index in [0.29, 0.717) is 0 Å². The molecule has 2 aromatic heterocycles. The number of benzene rings is 9. The summed E-state index contributed by atoms with van der Waals surface area (Å²) in [6.07, 6.45) is 0. The first-order chi connectivity index (χ1) is 31.0. The molecule has 0 fully saturated rings. The van der Waals surface area contributed by atoms with Gasteiger partial charge in [-0.3, -0.25) is 0 Å². The molecule has 0 aliphatic carbocycles. The highest BCUT2D eigenvalue weighted by atomic mass is 32.1. The van der Waals surface area contributed by atoms with E-state index in [9.17, 15) is 0 Å². The van der Waals surface area contributed by atoms with E-state index in [1.54, 1.807) is 22.7 Å². The van der Waals surface area contributed by atoms with Gasteiger partial charge in [-0.25, -0.2) is 9.97 Å². The maximum atomic E-state index is 5.02. The molecule has 63 heavy (non-hydrogen) atoms. The number of thiazole rings is 2. The Morgan fingerprint density at radius 2 is 0.968 bits per heavy atom. The second kappa shape index (κ2) is 14.9. The van der Waals surface area contributed by atoms with Gasteiger partial charge in [0.25, 0.3) is 0 Å². The van der Waals surface area contributed by atoms with Crippen molar-refractivity contribution in [2.45, 2.75) is 19.3 Å². The lowest BCUT2D eigenvalue weighted by Crippen LogP contribution is -2.30. The molecule has 0 atom stereocenters. The van der Waals surface area contributed by atoms with Crippen LogP contribution in [-0.2, 0) is 5.41 Å². The van der Waals surface area contributed by atoms with Crippen LogP contribution in [0.1, 0.15) is 25.0 Å². The molecular weight excluding hydrogens is 805 g/mol. The molecule has 0 spiro atoms. The zero-order chi connectivity index (χ0) is 42.1. The summed E-state index contributed by atoms with van der Waals surface area (Å²) in [7, 11) is 0. The number of hydrogen-bond acceptors (Lipinski definition) is 6. The number of nitrogens with zero attached hydrogens (tertiary/aromatic N) is 4. The first-order valence-corrected chi connectivity index (χ1v) is 22.9. The van der Waals surface area contributed by atoms with Crippen LogP contribution in [0, 0.1) is 0 Å². The van der Waals surface area contributed by atoms with Crippen LogP contribution in [-0.4, -0.2) is 9.97 Å². The van der Waals surface area contributed by atoms with E-state index in [1.165, 1.54) is 48.2 Å². The van der Waals surface area contributed by atoms with Gasteiger partial charge in [-0.05, 0) is 131 Å². The van der Waals surface area contributed by atoms with Gasteiger partial charge in [-0.2, -0.15) is 0 Å². The molecule has 4 nitrogen and oxygen atoms in total. The van der Waals surface area contributed by atoms with Crippen LogP contribution < -0.4 is 9.80 Å². The van der Waals surface area contributed by atoms with Gasteiger partial charge in [0, 0.05) is 39.0 Å². The Morgan fingerprint density at radius 3 is 1.65 bits per heavy atom. The minimum Gasteiger partial charge on any atom is -0.310 e. The predicted octanol–water partition coefficient (Wildman–Crippen LogP) is 16.6. The summed E-state index contributed by atoms with van der Waals surface area (Å²) in [5.41, 5.74) is 15.9. The van der Waals surface area contributed by atoms with E-state index in [0.717, 1.165) is 60.5 Å². The Labute approximate surface area is 374 Å². The maximum absolute atomic E-state index is 5.02. The Kier molecular flexibility index (Phi) is 8.85. The lowest BCUT2D eigenvalue weighted by Gasteiger charge is -2.42. The van der Waals surface area contributed by atoms with Gasteiger partial charge in [0.05, 0.1) is 37.5 Å². The molecule has 0 bridgehead atoms. The van der Waals surface area contributed by atoms with Crippen LogP contribution in [0.15, 0.2) is 206 Å². The fourth-order valence-corrected chi connectivity index (χ4v) is 11.2. The molecule has 6 heteroatoms. The summed E-state index contributed by atoms with van der Waals surface area (Å²) in [5.74, 6) is 0. The number of anilines is 6. The van der Waals surface area contributed by atoms with E-state index < -0.39 is 0 Å². The minimum atomic E-state index is -0.199. The minimum absolute atomic E-state index is 0.199. The fraction of sp³-hybridized carbons (Fsp3) is 0.0526. The standard InChI is InChI=1S/C57H40N4S2/c1-57(2)46-15-5-8-18-51(46)61(52-35-28-41(36-47(52)57)56-59-49-17-7-10-21-54(49)63-56)44-31-24-38(25-32-44)37-22-29-42(30-23-37)60(50-19-11-13-39-12-3-4-14-45(39)50)43-33-26-40(27-34-43)55-58-48-16-6-9-20-53(48)62-55/h3-36H,1-2H3. The number of para-hydroxylation sites is 3. The maximum Gasteiger partial charge on any atom is 0.124 e. The average Bonchev–Trinajstić information content (AvgIpc) is 3.98. The van der Waals surface area contributed by atoms with Crippen molar-refractivity contribution in [1.29, 1.82) is 0 Å². The van der Waals surface area contributed by atoms with Crippen molar-refractivity contribution in [1.82, 2.24) is 9.97 Å². The third-order valence-corrected chi connectivity index (χ3v) is 14.7. The highest BCUT2D eigenvalue weighted by molar-refractivity contribution is 7.22. The molecule has 9 aromatic carbocycles. The quantitative estimate of drug-likeness (QED) is 0.160. The third-order valence-electron chi connectivity index (χ3n) is 12.5. The van der Waals surface area contributed by atoms with Crippen molar-refractivity contribution in [2.75, 3.05) is 9.80 Å². The topological polar surface area (TPSA) is 32.3 Å². The summed E-state index contributed by atoms with van der Waals surface area (Å²) < 4.78 is 2.41. The summed E-state index contributed by atoms with van der Waals surface area (Å²) in [5, 5.41) is 4.49. The molecule has 0 saturated heterocycles. The van der Waals surface area contributed by atoms with E-state index in [1.807, 2.05) is 6.07 Å². The largest absolute Gasteiger partial charge is 0.310 e. The van der Waals surface area contributed by atoms with Crippen molar-refractivity contribution < 1.29 is 0 Å². The smallest absolute Gasteiger partial charge is 0.124 e. The molecule has 3 heterocycles. The van der Waals surface area contributed by atoms with E-state index >= 15 is 0 Å². The van der Waals surface area contributed by atoms with Crippen molar-refractivity contribution >= 4 is 88.0 Å². The van der Waals surface area contributed by atoms with Crippen LogP contribution >= 0.6 is 22.7 Å². The first-order valence-electron chi connectivity index (χ1n) is 21.3. The fourth-order valence-electron chi connectivity index (χ4n) is 9.30. The molecule has 0 amide bonds. The van der Waals surface area contributed by atoms with Crippen molar-refractivity contribution in [2.24, 2.45) is 0 Å². The molecular formula is C57H40N4S2. The molecule has 12 rings (SSSR count). The van der Waals surface area contributed by atoms with Crippen LogP contribution in [0.4, 0.5) is 34.1 Å². The molecule has 0 saturated carbocycles. The van der Waals surface area contributed by atoms with Crippen LogP contribution in [0.25, 0.3) is 63.5 Å². The van der Waals surface area contributed by atoms with Gasteiger partial charge >= 0.3 is 0 Å². The second-order valence-corrected chi connectivity index (χ2v) is 18.7. The van der Waals surface area contributed by atoms with Gasteiger partial charge in [-0.1, -0.05) is 117 Å². The van der Waals surface area contributed by atoms with Gasteiger partial charge in [0.2, 0.25) is 0 Å². The number of aromatic nitrogens is 2. The average molecular weight is 845 g/mol. The van der Waals surface area contributed by atoms with Gasteiger partial charge in [-0.15, -0.1) is 22.7 Å². The Balaban J connectivity index is 0.887. The van der Waals surface area contributed by atoms with E-state index in [-0.39, 0.29) is 5.41 Å². The number of fused-ring (bicyclic) bond motifs is 5. The van der Waals surface area contributed by atoms with Crippen molar-refractivity contribution in [3.8, 4) is 32.3 Å². The van der Waals surface area contributed by atoms with Gasteiger partial charge < -0.3 is 9.80 Å². The zero-order valence-corrected chi connectivity index (χ0v) is 36.4. The van der Waals surface area contributed by atoms with Crippen molar-refractivity contribution in [3.63, 3.8) is 0 Å². The zero-order valence-electron chi connectivity index (χ0n) is 34.7. The van der Waals surface area contributed by atoms with Crippen molar-refractivity contribution in [3.05, 3.63) is 217 Å². The Morgan fingerprint density at radius 1 is 0.444 bits per heavy atom. The second-order valence-electron chi connectivity index (χ2n) is 16.7. The summed E-state index contributed by atoms with van der Waals surface area (Å²) in [4.78, 5) is 14.7. The SMILES string of the molecule is CC1(C)c2ccccc2N(c2ccc(-c3ccc(N(c4ccc(-c5nc6ccccc6s5)cc4)c4cccc5ccccc45)cc3)cc2)c2ccc(-c3nc4ccccc4s3)cc21.